The predicted molar refractivity (Wildman–Crippen MR) is 157 cm³/mol. The number of hydrogen-bond acceptors (Lipinski definition) is 6. The minimum absolute atomic E-state index is 0.237. The first-order valence-electron chi connectivity index (χ1n) is 13.0. The molecule has 1 atom stereocenters. The Bertz CT molecular complexity index is 1750. The first-order chi connectivity index (χ1) is 19.1. The summed E-state index contributed by atoms with van der Waals surface area (Å²) in [6, 6.07) is 30.7. The van der Waals surface area contributed by atoms with Crippen molar-refractivity contribution >= 4 is 34.6 Å². The number of aromatic nitrogens is 3. The smallest absolute Gasteiger partial charge is 0.179 e. The van der Waals surface area contributed by atoms with Crippen molar-refractivity contribution in [2.45, 2.75) is 26.8 Å². The van der Waals surface area contributed by atoms with Crippen LogP contribution in [0.2, 0.25) is 0 Å². The molecular formula is C32H27N7. The third-order valence-electron chi connectivity index (χ3n) is 7.20. The fourth-order valence-electron chi connectivity index (χ4n) is 5.25. The zero-order chi connectivity index (χ0) is 26.5. The van der Waals surface area contributed by atoms with Crippen LogP contribution >= 0.6 is 0 Å². The number of anilines is 2. The molecule has 1 N–H and O–H groups in total. The first kappa shape index (κ1) is 23.1. The number of fused-ring (bicyclic) bond motifs is 4. The predicted octanol–water partition coefficient (Wildman–Crippen LogP) is 6.99. The van der Waals surface area contributed by atoms with Crippen LogP contribution in [0.15, 0.2) is 107 Å². The summed E-state index contributed by atoms with van der Waals surface area (Å²) in [6.45, 7) is 6.22. The summed E-state index contributed by atoms with van der Waals surface area (Å²) in [7, 11) is 0. The van der Waals surface area contributed by atoms with Gasteiger partial charge in [-0.2, -0.15) is 5.10 Å². The van der Waals surface area contributed by atoms with E-state index in [0.29, 0.717) is 5.84 Å². The molecule has 2 aromatic heterocycles. The van der Waals surface area contributed by atoms with Gasteiger partial charge in [-0.3, -0.25) is 4.98 Å². The van der Waals surface area contributed by atoms with Gasteiger partial charge in [0.05, 0.1) is 28.5 Å². The number of aliphatic imine (C=N–C) groups is 2. The van der Waals surface area contributed by atoms with E-state index in [1.165, 1.54) is 11.1 Å². The molecule has 3 aromatic carbocycles. The molecule has 0 radical (unpaired) electrons. The molecule has 0 amide bonds. The summed E-state index contributed by atoms with van der Waals surface area (Å²) < 4.78 is 1.94. The maximum atomic E-state index is 5.28. The van der Waals surface area contributed by atoms with Crippen molar-refractivity contribution in [1.29, 1.82) is 0 Å². The van der Waals surface area contributed by atoms with Crippen molar-refractivity contribution in [3.05, 3.63) is 125 Å². The highest BCUT2D eigenvalue weighted by Crippen LogP contribution is 2.47. The van der Waals surface area contributed by atoms with E-state index in [2.05, 4.69) is 91.7 Å². The second-order valence-electron chi connectivity index (χ2n) is 9.97. The summed E-state index contributed by atoms with van der Waals surface area (Å²) in [6.07, 6.45) is 1.84. The number of hydrogen-bond donors (Lipinski definition) is 1. The van der Waals surface area contributed by atoms with Gasteiger partial charge in [0.15, 0.2) is 17.5 Å². The van der Waals surface area contributed by atoms with Crippen molar-refractivity contribution in [1.82, 2.24) is 14.8 Å². The average Bonchev–Trinajstić information content (AvgIpc) is 3.30. The maximum absolute atomic E-state index is 5.28. The van der Waals surface area contributed by atoms with Gasteiger partial charge in [-0.25, -0.2) is 14.7 Å². The molecule has 0 unspecified atom stereocenters. The molecular weight excluding hydrogens is 482 g/mol. The van der Waals surface area contributed by atoms with Crippen LogP contribution in [0.4, 0.5) is 22.9 Å². The Labute approximate surface area is 227 Å². The van der Waals surface area contributed by atoms with Gasteiger partial charge in [-0.15, -0.1) is 0 Å². The molecule has 2 aliphatic rings. The highest BCUT2D eigenvalue weighted by atomic mass is 15.4. The maximum Gasteiger partial charge on any atom is 0.179 e. The summed E-state index contributed by atoms with van der Waals surface area (Å²) >= 11 is 0. The number of pyridine rings is 1. The number of benzene rings is 3. The molecule has 0 saturated heterocycles. The van der Waals surface area contributed by atoms with Crippen LogP contribution in [0.25, 0.3) is 5.69 Å². The standard InChI is InChI=1S/C32H27N7/c1-20-11-15-23(16-12-20)34-30-32-36-31-28(22(3)37-39(31)24-17-13-21(2)14-18-24)29(26-9-6-7-19-33-26)38(32)27-10-5-4-8-25(27)35-30/h4-19,29H,1-3H3,(H,34,35)/t29-/m1/s1. The Morgan fingerprint density at radius 3 is 2.21 bits per heavy atom. The lowest BCUT2D eigenvalue weighted by Gasteiger charge is -2.40. The number of rotatable bonds is 3. The molecule has 190 valence electrons. The zero-order valence-electron chi connectivity index (χ0n) is 22.0. The fourth-order valence-corrected chi connectivity index (χ4v) is 5.25. The van der Waals surface area contributed by atoms with Crippen LogP contribution in [0, 0.1) is 20.8 Å². The van der Waals surface area contributed by atoms with E-state index in [4.69, 9.17) is 20.1 Å². The van der Waals surface area contributed by atoms with Crippen molar-refractivity contribution in [2.75, 3.05) is 10.2 Å². The zero-order valence-corrected chi connectivity index (χ0v) is 22.0. The third-order valence-corrected chi connectivity index (χ3v) is 7.20. The second kappa shape index (κ2) is 9.06. The molecule has 39 heavy (non-hydrogen) atoms. The molecule has 5 aromatic rings. The highest BCUT2D eigenvalue weighted by Gasteiger charge is 2.42. The molecule has 0 fully saturated rings. The van der Waals surface area contributed by atoms with E-state index in [0.717, 1.165) is 51.4 Å². The van der Waals surface area contributed by atoms with E-state index < -0.39 is 0 Å². The average molecular weight is 510 g/mol. The molecule has 0 saturated carbocycles. The third kappa shape index (κ3) is 3.90. The molecule has 2 aliphatic heterocycles. The van der Waals surface area contributed by atoms with E-state index in [1.807, 2.05) is 41.2 Å². The van der Waals surface area contributed by atoms with Crippen molar-refractivity contribution in [3.8, 4) is 5.69 Å². The van der Waals surface area contributed by atoms with Gasteiger partial charge >= 0.3 is 0 Å². The highest BCUT2D eigenvalue weighted by molar-refractivity contribution is 6.51. The van der Waals surface area contributed by atoms with Crippen LogP contribution in [0.3, 0.4) is 0 Å². The van der Waals surface area contributed by atoms with Gasteiger partial charge in [0.2, 0.25) is 0 Å². The van der Waals surface area contributed by atoms with Crippen LogP contribution < -0.4 is 10.2 Å². The Hall–Kier alpha value is -5.04. The summed E-state index contributed by atoms with van der Waals surface area (Å²) in [4.78, 5) is 17.4. The molecule has 4 heterocycles. The Morgan fingerprint density at radius 1 is 0.744 bits per heavy atom. The van der Waals surface area contributed by atoms with E-state index in [-0.39, 0.29) is 6.04 Å². The van der Waals surface area contributed by atoms with Gasteiger partial charge in [-0.1, -0.05) is 53.6 Å². The summed E-state index contributed by atoms with van der Waals surface area (Å²) in [5, 5.41) is 8.55. The quantitative estimate of drug-likeness (QED) is 0.285. The molecule has 0 bridgehead atoms. The summed E-state index contributed by atoms with van der Waals surface area (Å²) in [5.74, 6) is 2.19. The van der Waals surface area contributed by atoms with E-state index in [9.17, 15) is 0 Å². The van der Waals surface area contributed by atoms with E-state index in [1.54, 1.807) is 0 Å². The SMILES string of the molecule is Cc1ccc(NC2=Nc3ccccc3N3C2=Nc2c(c(C)nn2-c2ccc(C)cc2)[C@H]3c2ccccn2)cc1. The van der Waals surface area contributed by atoms with Crippen LogP contribution in [-0.4, -0.2) is 26.4 Å². The lowest BCUT2D eigenvalue weighted by Crippen LogP contribution is -2.46. The monoisotopic (exact) mass is 509 g/mol. The molecule has 0 spiro atoms. The summed E-state index contributed by atoms with van der Waals surface area (Å²) in [5.41, 5.74) is 9.03. The normalized spacial score (nSPS) is 15.6. The van der Waals surface area contributed by atoms with Crippen molar-refractivity contribution in [3.63, 3.8) is 0 Å². The minimum atomic E-state index is -0.237. The van der Waals surface area contributed by atoms with Gasteiger partial charge in [0.25, 0.3) is 0 Å². The Morgan fingerprint density at radius 2 is 1.46 bits per heavy atom. The van der Waals surface area contributed by atoms with Gasteiger partial charge in [0.1, 0.15) is 6.04 Å². The fraction of sp³-hybridized carbons (Fsp3) is 0.125. The molecule has 7 rings (SSSR count). The second-order valence-corrected chi connectivity index (χ2v) is 9.97. The number of amidine groups is 2. The molecule has 0 aliphatic carbocycles. The van der Waals surface area contributed by atoms with Crippen LogP contribution in [-0.2, 0) is 0 Å². The lowest BCUT2D eigenvalue weighted by molar-refractivity contribution is 0.785. The largest absolute Gasteiger partial charge is 0.337 e. The number of para-hydroxylation sites is 2. The van der Waals surface area contributed by atoms with E-state index >= 15 is 0 Å². The van der Waals surface area contributed by atoms with Crippen molar-refractivity contribution in [2.24, 2.45) is 9.98 Å². The first-order valence-corrected chi connectivity index (χ1v) is 13.0. The number of nitrogens with one attached hydrogen (secondary N) is 1. The Kier molecular flexibility index (Phi) is 5.37. The molecule has 7 heteroatoms. The lowest BCUT2D eigenvalue weighted by atomic mass is 9.96. The topological polar surface area (TPSA) is 70.7 Å². The van der Waals surface area contributed by atoms with Gasteiger partial charge in [0, 0.05) is 17.4 Å². The van der Waals surface area contributed by atoms with Gasteiger partial charge in [-0.05, 0) is 69.3 Å². The van der Waals surface area contributed by atoms with Crippen LogP contribution in [0.5, 0.6) is 0 Å². The van der Waals surface area contributed by atoms with Crippen molar-refractivity contribution < 1.29 is 0 Å². The minimum Gasteiger partial charge on any atom is -0.337 e. The molecule has 7 nitrogen and oxygen atoms in total. The number of aryl methyl sites for hydroxylation is 3. The van der Waals surface area contributed by atoms with Crippen LogP contribution in [0.1, 0.15) is 34.1 Å². The number of nitrogens with zero attached hydrogens (tertiary/aromatic N) is 6. The van der Waals surface area contributed by atoms with Gasteiger partial charge < -0.3 is 10.2 Å². The Balaban J connectivity index is 1.49.